The molecule has 0 aliphatic carbocycles. The Morgan fingerprint density at radius 2 is 1.94 bits per heavy atom. The molecule has 1 aromatic heterocycles. The first-order valence-electron chi connectivity index (χ1n) is 11.0. The van der Waals surface area contributed by atoms with E-state index in [0.717, 1.165) is 37.3 Å². The van der Waals surface area contributed by atoms with Crippen molar-refractivity contribution < 1.29 is 4.79 Å². The molecule has 2 atom stereocenters. The third kappa shape index (κ3) is 4.55. The number of pyridine rings is 1. The Kier molecular flexibility index (Phi) is 7.63. The predicted octanol–water partition coefficient (Wildman–Crippen LogP) is 4.31. The number of thiocarbonyl (C=S) groups is 1. The summed E-state index contributed by atoms with van der Waals surface area (Å²) in [5.74, 6) is 1.61. The van der Waals surface area contributed by atoms with E-state index in [1.54, 1.807) is 17.6 Å². The molecule has 0 aromatic carbocycles. The SMILES string of the molecule is C=CCN1C(=O)/C(=C/c2c(C)c(C#N)c(=O)n(CCC)c2N2CC(C)CC(C)C2)SC1=S. The fourth-order valence-electron chi connectivity index (χ4n) is 4.67. The van der Waals surface area contributed by atoms with Gasteiger partial charge >= 0.3 is 0 Å². The molecule has 2 saturated heterocycles. The Balaban J connectivity index is 2.27. The second-order valence-electron chi connectivity index (χ2n) is 8.74. The Morgan fingerprint density at radius 1 is 1.28 bits per heavy atom. The van der Waals surface area contributed by atoms with E-state index in [2.05, 4.69) is 31.4 Å². The Bertz CT molecular complexity index is 1070. The summed E-state index contributed by atoms with van der Waals surface area (Å²) in [7, 11) is 0. The normalized spacial score (nSPS) is 22.5. The summed E-state index contributed by atoms with van der Waals surface area (Å²) in [6, 6.07) is 2.10. The quantitative estimate of drug-likeness (QED) is 0.351. The molecule has 6 nitrogen and oxygen atoms in total. The monoisotopic (exact) mass is 470 g/mol. The van der Waals surface area contributed by atoms with Gasteiger partial charge in [0.2, 0.25) is 0 Å². The van der Waals surface area contributed by atoms with Crippen LogP contribution < -0.4 is 10.5 Å². The molecule has 32 heavy (non-hydrogen) atoms. The molecule has 3 rings (SSSR count). The lowest BCUT2D eigenvalue weighted by atomic mass is 9.91. The average molecular weight is 471 g/mol. The van der Waals surface area contributed by atoms with Crippen molar-refractivity contribution in [2.45, 2.75) is 47.1 Å². The fourth-order valence-corrected chi connectivity index (χ4v) is 5.93. The molecular weight excluding hydrogens is 440 g/mol. The minimum absolute atomic E-state index is 0.133. The zero-order valence-electron chi connectivity index (χ0n) is 19.2. The van der Waals surface area contributed by atoms with Crippen molar-refractivity contribution in [3.63, 3.8) is 0 Å². The lowest BCUT2D eigenvalue weighted by Gasteiger charge is -2.39. The van der Waals surface area contributed by atoms with Crippen LogP contribution in [0.5, 0.6) is 0 Å². The van der Waals surface area contributed by atoms with Crippen molar-refractivity contribution in [3.05, 3.63) is 44.6 Å². The van der Waals surface area contributed by atoms with Crippen LogP contribution in [0.25, 0.3) is 6.08 Å². The van der Waals surface area contributed by atoms with Crippen molar-refractivity contribution in [1.82, 2.24) is 9.47 Å². The van der Waals surface area contributed by atoms with Gasteiger partial charge < -0.3 is 4.90 Å². The van der Waals surface area contributed by atoms with Crippen molar-refractivity contribution >= 4 is 46.1 Å². The molecule has 0 spiro atoms. The number of piperidine rings is 1. The molecule has 2 aliphatic heterocycles. The van der Waals surface area contributed by atoms with Crippen LogP contribution in [0.2, 0.25) is 0 Å². The van der Waals surface area contributed by atoms with Crippen molar-refractivity contribution in [2.24, 2.45) is 11.8 Å². The minimum Gasteiger partial charge on any atom is -0.357 e. The lowest BCUT2D eigenvalue weighted by molar-refractivity contribution is -0.121. The second kappa shape index (κ2) is 10.1. The van der Waals surface area contributed by atoms with E-state index in [0.29, 0.717) is 39.7 Å². The molecule has 0 bridgehead atoms. The van der Waals surface area contributed by atoms with Crippen molar-refractivity contribution in [2.75, 3.05) is 24.5 Å². The van der Waals surface area contributed by atoms with Crippen LogP contribution in [-0.2, 0) is 11.3 Å². The number of aromatic nitrogens is 1. The van der Waals surface area contributed by atoms with E-state index < -0.39 is 0 Å². The maximum atomic E-state index is 13.3. The van der Waals surface area contributed by atoms with Gasteiger partial charge in [0, 0.05) is 31.7 Å². The highest BCUT2D eigenvalue weighted by atomic mass is 32.2. The van der Waals surface area contributed by atoms with Gasteiger partial charge in [-0.2, -0.15) is 5.26 Å². The van der Waals surface area contributed by atoms with Gasteiger partial charge in [-0.15, -0.1) is 6.58 Å². The van der Waals surface area contributed by atoms with E-state index >= 15 is 0 Å². The molecule has 8 heteroatoms. The molecule has 170 valence electrons. The summed E-state index contributed by atoms with van der Waals surface area (Å²) in [4.78, 5) is 30.5. The van der Waals surface area contributed by atoms with Crippen LogP contribution in [0.15, 0.2) is 22.4 Å². The molecule has 1 aromatic rings. The van der Waals surface area contributed by atoms with E-state index in [9.17, 15) is 14.9 Å². The van der Waals surface area contributed by atoms with Crippen LogP contribution in [0.3, 0.4) is 0 Å². The summed E-state index contributed by atoms with van der Waals surface area (Å²) in [6.45, 7) is 14.5. The first-order valence-corrected chi connectivity index (χ1v) is 12.2. The third-order valence-electron chi connectivity index (χ3n) is 5.92. The summed E-state index contributed by atoms with van der Waals surface area (Å²) >= 11 is 6.65. The van der Waals surface area contributed by atoms with Gasteiger partial charge in [-0.25, -0.2) is 0 Å². The van der Waals surface area contributed by atoms with Crippen LogP contribution in [-0.4, -0.2) is 39.3 Å². The van der Waals surface area contributed by atoms with Crippen LogP contribution in [0.1, 0.15) is 50.3 Å². The lowest BCUT2D eigenvalue weighted by Crippen LogP contribution is -2.43. The molecule has 0 saturated carbocycles. The van der Waals surface area contributed by atoms with Gasteiger partial charge in [0.05, 0.1) is 4.91 Å². The maximum Gasteiger partial charge on any atom is 0.270 e. The van der Waals surface area contributed by atoms with E-state index in [-0.39, 0.29) is 17.0 Å². The number of rotatable bonds is 6. The first-order chi connectivity index (χ1) is 15.2. The van der Waals surface area contributed by atoms with Gasteiger partial charge in [-0.05, 0) is 43.2 Å². The Hall–Kier alpha value is -2.37. The van der Waals surface area contributed by atoms with Crippen molar-refractivity contribution in [1.29, 1.82) is 5.26 Å². The second-order valence-corrected chi connectivity index (χ2v) is 10.4. The highest BCUT2D eigenvalue weighted by molar-refractivity contribution is 8.26. The maximum absolute atomic E-state index is 13.3. The zero-order valence-corrected chi connectivity index (χ0v) is 20.8. The molecule has 2 fully saturated rings. The number of nitrogens with zero attached hydrogens (tertiary/aromatic N) is 4. The van der Waals surface area contributed by atoms with Gasteiger partial charge in [0.25, 0.3) is 11.5 Å². The number of hydrogen-bond donors (Lipinski definition) is 0. The summed E-state index contributed by atoms with van der Waals surface area (Å²) in [5.41, 5.74) is 1.24. The highest BCUT2D eigenvalue weighted by Gasteiger charge is 2.33. The molecule has 0 N–H and O–H groups in total. The first kappa shape index (κ1) is 24.3. The average Bonchev–Trinajstić information content (AvgIpc) is 2.99. The van der Waals surface area contributed by atoms with Crippen LogP contribution in [0.4, 0.5) is 5.82 Å². The van der Waals surface area contributed by atoms with E-state index in [1.165, 1.54) is 16.7 Å². The summed E-state index contributed by atoms with van der Waals surface area (Å²) in [6.07, 6.45) is 5.37. The smallest absolute Gasteiger partial charge is 0.270 e. The third-order valence-corrected chi connectivity index (χ3v) is 7.30. The van der Waals surface area contributed by atoms with Gasteiger partial charge in [0.1, 0.15) is 21.8 Å². The molecular formula is C24H30N4O2S2. The summed E-state index contributed by atoms with van der Waals surface area (Å²) in [5, 5.41) is 9.76. The highest BCUT2D eigenvalue weighted by Crippen LogP contribution is 2.37. The fraction of sp³-hybridized carbons (Fsp3) is 0.500. The number of carbonyl (C=O) groups is 1. The van der Waals surface area contributed by atoms with Gasteiger partial charge in [0.15, 0.2) is 0 Å². The standard InChI is InChI=1S/C24H30N4O2S2/c1-6-8-27-21(26-13-15(3)10-16(4)14-26)18(17(5)19(12-25)22(27)29)11-20-23(30)28(9-7-2)24(31)32-20/h7,11,15-16H,2,6,8-10,13-14H2,1,3-5H3/b20-11-. The Labute approximate surface area is 199 Å². The predicted molar refractivity (Wildman–Crippen MR) is 136 cm³/mol. The van der Waals surface area contributed by atoms with E-state index in [4.69, 9.17) is 12.2 Å². The number of anilines is 1. The largest absolute Gasteiger partial charge is 0.357 e. The molecule has 2 unspecified atom stereocenters. The molecule has 2 aliphatic rings. The Morgan fingerprint density at radius 3 is 2.50 bits per heavy atom. The van der Waals surface area contributed by atoms with Crippen LogP contribution >= 0.6 is 24.0 Å². The number of carbonyl (C=O) groups excluding carboxylic acids is 1. The van der Waals surface area contributed by atoms with Gasteiger partial charge in [-0.1, -0.05) is 50.8 Å². The number of nitriles is 1. The minimum atomic E-state index is -0.260. The van der Waals surface area contributed by atoms with Gasteiger partial charge in [-0.3, -0.25) is 19.1 Å². The summed E-state index contributed by atoms with van der Waals surface area (Å²) < 4.78 is 2.22. The molecule has 0 radical (unpaired) electrons. The zero-order chi connectivity index (χ0) is 23.6. The topological polar surface area (TPSA) is 69.3 Å². The molecule has 3 heterocycles. The van der Waals surface area contributed by atoms with Crippen LogP contribution in [0, 0.1) is 30.1 Å². The number of thioether (sulfide) groups is 1. The number of amides is 1. The molecule has 1 amide bonds. The van der Waals surface area contributed by atoms with E-state index in [1.807, 2.05) is 13.0 Å². The number of hydrogen-bond acceptors (Lipinski definition) is 6. The van der Waals surface area contributed by atoms with Crippen molar-refractivity contribution in [3.8, 4) is 6.07 Å².